The lowest BCUT2D eigenvalue weighted by Crippen LogP contribution is -2.27. The van der Waals surface area contributed by atoms with E-state index in [0.717, 1.165) is 28.1 Å². The van der Waals surface area contributed by atoms with Crippen LogP contribution in [0.2, 0.25) is 10.0 Å². The fourth-order valence-corrected chi connectivity index (χ4v) is 4.38. The Morgan fingerprint density at radius 3 is 2.59 bits per heavy atom. The molecule has 1 atom stereocenters. The zero-order chi connectivity index (χ0) is 22.7. The summed E-state index contributed by atoms with van der Waals surface area (Å²) >= 11 is 12.1. The number of fused-ring (bicyclic) bond motifs is 1. The van der Waals surface area contributed by atoms with Crippen molar-refractivity contribution in [2.75, 3.05) is 6.54 Å². The number of nitrogens with one attached hydrogen (secondary N) is 2. The van der Waals surface area contributed by atoms with Gasteiger partial charge in [0.25, 0.3) is 0 Å². The van der Waals surface area contributed by atoms with Gasteiger partial charge < -0.3 is 10.3 Å². The molecule has 1 aromatic heterocycles. The first-order valence-electron chi connectivity index (χ1n) is 10.1. The van der Waals surface area contributed by atoms with E-state index >= 15 is 0 Å². The van der Waals surface area contributed by atoms with E-state index < -0.39 is 17.6 Å². The van der Waals surface area contributed by atoms with Crippen molar-refractivity contribution in [2.45, 2.75) is 18.8 Å². The first kappa shape index (κ1) is 22.3. The van der Waals surface area contributed by atoms with Gasteiger partial charge in [0, 0.05) is 52.1 Å². The number of carbonyl (C=O) groups is 1. The van der Waals surface area contributed by atoms with Crippen molar-refractivity contribution in [3.8, 4) is 0 Å². The van der Waals surface area contributed by atoms with Crippen LogP contribution < -0.4 is 5.32 Å². The molecule has 0 bridgehead atoms. The minimum atomic E-state index is -0.680. The molecule has 0 fully saturated rings. The Hall–Kier alpha value is -2.89. The molecule has 0 aliphatic rings. The highest BCUT2D eigenvalue weighted by Crippen LogP contribution is 2.35. The minimum absolute atomic E-state index is 0.0126. The van der Waals surface area contributed by atoms with Gasteiger partial charge in [0.1, 0.15) is 11.6 Å². The second-order valence-electron chi connectivity index (χ2n) is 7.55. The van der Waals surface area contributed by atoms with Crippen LogP contribution in [-0.2, 0) is 11.2 Å². The smallest absolute Gasteiger partial charge is 0.220 e. The van der Waals surface area contributed by atoms with Gasteiger partial charge in [-0.15, -0.1) is 0 Å². The first-order valence-corrected chi connectivity index (χ1v) is 10.9. The van der Waals surface area contributed by atoms with E-state index in [4.69, 9.17) is 23.2 Å². The van der Waals surface area contributed by atoms with Crippen molar-refractivity contribution in [2.24, 2.45) is 0 Å². The van der Waals surface area contributed by atoms with E-state index in [1.165, 1.54) is 12.1 Å². The maximum Gasteiger partial charge on any atom is 0.220 e. The maximum atomic E-state index is 14.7. The number of aromatic nitrogens is 1. The van der Waals surface area contributed by atoms with Crippen molar-refractivity contribution in [3.63, 3.8) is 0 Å². The van der Waals surface area contributed by atoms with Gasteiger partial charge in [0.05, 0.1) is 0 Å². The molecule has 0 aliphatic carbocycles. The zero-order valence-electron chi connectivity index (χ0n) is 17.0. The summed E-state index contributed by atoms with van der Waals surface area (Å²) in [5.41, 5.74) is 2.80. The quantitative estimate of drug-likeness (QED) is 0.311. The summed E-state index contributed by atoms with van der Waals surface area (Å²) in [6, 6.07) is 16.3. The third-order valence-electron chi connectivity index (χ3n) is 5.46. The summed E-state index contributed by atoms with van der Waals surface area (Å²) in [6.07, 6.45) is 2.32. The summed E-state index contributed by atoms with van der Waals surface area (Å²) in [6.45, 7) is 0.368. The summed E-state index contributed by atoms with van der Waals surface area (Å²) in [5, 5.41) is 4.85. The van der Waals surface area contributed by atoms with Crippen LogP contribution >= 0.6 is 23.2 Å². The van der Waals surface area contributed by atoms with Crippen molar-refractivity contribution in [1.29, 1.82) is 0 Å². The number of amides is 1. The summed E-state index contributed by atoms with van der Waals surface area (Å²) in [7, 11) is 0. The fraction of sp³-hybridized carbons (Fsp3) is 0.160. The SMILES string of the molecule is O=C(CC(c1ccc(F)cc1F)c1c[nH]c2ccccc12)NCCc1ccc(Cl)cc1Cl. The third kappa shape index (κ3) is 4.95. The molecule has 3 nitrogen and oxygen atoms in total. The van der Waals surface area contributed by atoms with E-state index in [1.807, 2.05) is 30.3 Å². The highest BCUT2D eigenvalue weighted by Gasteiger charge is 2.24. The molecule has 164 valence electrons. The van der Waals surface area contributed by atoms with Crippen LogP contribution in [0.5, 0.6) is 0 Å². The molecule has 0 aliphatic heterocycles. The lowest BCUT2D eigenvalue weighted by molar-refractivity contribution is -0.121. The molecule has 0 radical (unpaired) electrons. The topological polar surface area (TPSA) is 44.9 Å². The number of rotatable bonds is 7. The molecule has 1 amide bonds. The van der Waals surface area contributed by atoms with Gasteiger partial charge in [-0.2, -0.15) is 0 Å². The van der Waals surface area contributed by atoms with Crippen LogP contribution in [0, 0.1) is 11.6 Å². The Balaban J connectivity index is 1.54. The molecule has 1 unspecified atom stereocenters. The number of carbonyl (C=O) groups excluding carboxylic acids is 1. The highest BCUT2D eigenvalue weighted by atomic mass is 35.5. The Morgan fingerprint density at radius 1 is 1.00 bits per heavy atom. The van der Waals surface area contributed by atoms with Gasteiger partial charge in [0.2, 0.25) is 5.91 Å². The lowest BCUT2D eigenvalue weighted by Gasteiger charge is -2.18. The van der Waals surface area contributed by atoms with Crippen LogP contribution in [-0.4, -0.2) is 17.4 Å². The predicted molar refractivity (Wildman–Crippen MR) is 124 cm³/mol. The zero-order valence-corrected chi connectivity index (χ0v) is 18.5. The third-order valence-corrected chi connectivity index (χ3v) is 6.04. The van der Waals surface area contributed by atoms with Crippen LogP contribution in [0.3, 0.4) is 0 Å². The molecule has 3 aromatic carbocycles. The molecule has 4 aromatic rings. The molecule has 0 spiro atoms. The molecule has 32 heavy (non-hydrogen) atoms. The number of H-pyrrole nitrogens is 1. The Labute approximate surface area is 194 Å². The molecular formula is C25H20Cl2F2N2O. The van der Waals surface area contributed by atoms with Gasteiger partial charge in [-0.25, -0.2) is 8.78 Å². The van der Waals surface area contributed by atoms with E-state index in [-0.39, 0.29) is 17.9 Å². The fourth-order valence-electron chi connectivity index (χ4n) is 3.87. The normalized spacial score (nSPS) is 12.1. The molecule has 7 heteroatoms. The molecule has 2 N–H and O–H groups in total. The van der Waals surface area contributed by atoms with E-state index in [9.17, 15) is 13.6 Å². The Bertz CT molecular complexity index is 1270. The standard InChI is InChI=1S/C25H20Cl2F2N2O/c26-16-6-5-15(22(27)11-16)9-10-30-25(32)13-20(18-8-7-17(28)12-23(18)29)21-14-31-24-4-2-1-3-19(21)24/h1-8,11-12,14,20,31H,9-10,13H2,(H,30,32). The lowest BCUT2D eigenvalue weighted by atomic mass is 9.87. The van der Waals surface area contributed by atoms with Crippen LogP contribution in [0.25, 0.3) is 10.9 Å². The number of halogens is 4. The van der Waals surface area contributed by atoms with Crippen molar-refractivity contribution >= 4 is 40.0 Å². The summed E-state index contributed by atoms with van der Waals surface area (Å²) < 4.78 is 28.2. The molecule has 1 heterocycles. The van der Waals surface area contributed by atoms with Crippen LogP contribution in [0.1, 0.15) is 29.0 Å². The summed E-state index contributed by atoms with van der Waals surface area (Å²) in [4.78, 5) is 16.0. The molecule has 4 rings (SSSR count). The molecule has 0 saturated carbocycles. The largest absolute Gasteiger partial charge is 0.361 e. The monoisotopic (exact) mass is 472 g/mol. The number of hydrogen-bond donors (Lipinski definition) is 2. The molecule has 0 saturated heterocycles. The maximum absolute atomic E-state index is 14.7. The predicted octanol–water partition coefficient (Wildman–Crippen LogP) is 6.63. The number of hydrogen-bond acceptors (Lipinski definition) is 1. The average Bonchev–Trinajstić information content (AvgIpc) is 3.18. The second kappa shape index (κ2) is 9.72. The highest BCUT2D eigenvalue weighted by molar-refractivity contribution is 6.35. The van der Waals surface area contributed by atoms with Gasteiger partial charge in [-0.3, -0.25) is 4.79 Å². The number of aromatic amines is 1. The summed E-state index contributed by atoms with van der Waals surface area (Å²) in [5.74, 6) is -2.16. The van der Waals surface area contributed by atoms with Crippen molar-refractivity contribution in [1.82, 2.24) is 10.3 Å². The minimum Gasteiger partial charge on any atom is -0.361 e. The van der Waals surface area contributed by atoms with Gasteiger partial charge in [-0.05, 0) is 47.4 Å². The van der Waals surface area contributed by atoms with Crippen LogP contribution in [0.4, 0.5) is 8.78 Å². The number of para-hydroxylation sites is 1. The van der Waals surface area contributed by atoms with Crippen molar-refractivity contribution in [3.05, 3.63) is 105 Å². The van der Waals surface area contributed by atoms with E-state index in [0.29, 0.717) is 23.0 Å². The van der Waals surface area contributed by atoms with Gasteiger partial charge in [-0.1, -0.05) is 53.5 Å². The van der Waals surface area contributed by atoms with Gasteiger partial charge in [0.15, 0.2) is 0 Å². The van der Waals surface area contributed by atoms with Gasteiger partial charge >= 0.3 is 0 Å². The van der Waals surface area contributed by atoms with E-state index in [2.05, 4.69) is 10.3 Å². The second-order valence-corrected chi connectivity index (χ2v) is 8.39. The van der Waals surface area contributed by atoms with E-state index in [1.54, 1.807) is 18.3 Å². The molecular weight excluding hydrogens is 453 g/mol. The first-order chi connectivity index (χ1) is 15.4. The number of benzene rings is 3. The Morgan fingerprint density at radius 2 is 1.81 bits per heavy atom. The van der Waals surface area contributed by atoms with Crippen molar-refractivity contribution < 1.29 is 13.6 Å². The average molecular weight is 473 g/mol. The van der Waals surface area contributed by atoms with Crippen LogP contribution in [0.15, 0.2) is 66.9 Å². The Kier molecular flexibility index (Phi) is 6.77.